The molecule has 0 bridgehead atoms. The fourth-order valence-corrected chi connectivity index (χ4v) is 4.43. The molecule has 2 aromatic rings. The highest BCUT2D eigenvalue weighted by Gasteiger charge is 2.27. The number of nitrogens with zero attached hydrogens (tertiary/aromatic N) is 4. The number of para-hydroxylation sites is 1. The Balaban J connectivity index is 1.39. The number of rotatable bonds is 7. The van der Waals surface area contributed by atoms with E-state index in [1.807, 2.05) is 26.0 Å². The van der Waals surface area contributed by atoms with Gasteiger partial charge in [-0.25, -0.2) is 0 Å². The normalized spacial score (nSPS) is 18.6. The van der Waals surface area contributed by atoms with Crippen molar-refractivity contribution >= 4 is 5.91 Å². The number of carbonyl (C=O) groups excluding carboxylic acids is 1. The van der Waals surface area contributed by atoms with Crippen molar-refractivity contribution in [3.05, 3.63) is 35.4 Å². The van der Waals surface area contributed by atoms with Gasteiger partial charge in [0, 0.05) is 57.3 Å². The second-order valence-electron chi connectivity index (χ2n) is 8.47. The smallest absolute Gasteiger partial charge is 0.223 e. The van der Waals surface area contributed by atoms with Crippen molar-refractivity contribution in [3.8, 4) is 11.5 Å². The summed E-state index contributed by atoms with van der Waals surface area (Å²) in [5.41, 5.74) is 0.853. The third-order valence-corrected chi connectivity index (χ3v) is 6.26. The minimum Gasteiger partial charge on any atom is -0.504 e. The molecule has 4 rings (SSSR count). The van der Waals surface area contributed by atoms with Gasteiger partial charge in [-0.05, 0) is 32.8 Å². The second-order valence-corrected chi connectivity index (χ2v) is 8.47. The molecule has 1 amide bonds. The number of hydrogen-bond donors (Lipinski definition) is 2. The van der Waals surface area contributed by atoms with Crippen molar-refractivity contribution in [3.63, 3.8) is 0 Å². The molecule has 0 aliphatic carbocycles. The van der Waals surface area contributed by atoms with Gasteiger partial charge in [0.2, 0.25) is 5.91 Å². The molecular formula is C23H33N5O4. The Kier molecular flexibility index (Phi) is 7.26. The zero-order valence-electron chi connectivity index (χ0n) is 18.9. The van der Waals surface area contributed by atoms with Crippen LogP contribution in [0.1, 0.15) is 49.9 Å². The quantitative estimate of drug-likeness (QED) is 0.675. The second kappa shape index (κ2) is 10.3. The van der Waals surface area contributed by atoms with Crippen LogP contribution in [0.4, 0.5) is 0 Å². The monoisotopic (exact) mass is 443 g/mol. The van der Waals surface area contributed by atoms with Crippen molar-refractivity contribution in [2.24, 2.45) is 5.92 Å². The van der Waals surface area contributed by atoms with Gasteiger partial charge >= 0.3 is 0 Å². The van der Waals surface area contributed by atoms with E-state index in [9.17, 15) is 9.90 Å². The Hall–Kier alpha value is -2.65. The molecule has 1 aromatic heterocycles. The van der Waals surface area contributed by atoms with Crippen LogP contribution in [0.15, 0.2) is 18.2 Å². The van der Waals surface area contributed by atoms with Crippen LogP contribution in [0.2, 0.25) is 0 Å². The maximum absolute atomic E-state index is 12.6. The van der Waals surface area contributed by atoms with Gasteiger partial charge in [-0.3, -0.25) is 9.69 Å². The van der Waals surface area contributed by atoms with E-state index in [1.165, 1.54) is 0 Å². The Morgan fingerprint density at radius 3 is 2.88 bits per heavy atom. The van der Waals surface area contributed by atoms with Gasteiger partial charge in [0.05, 0.1) is 12.6 Å². The summed E-state index contributed by atoms with van der Waals surface area (Å²) in [6.07, 6.45) is 2.30. The highest BCUT2D eigenvalue weighted by Crippen LogP contribution is 2.31. The third kappa shape index (κ3) is 5.05. The molecule has 1 aromatic carbocycles. The fourth-order valence-electron chi connectivity index (χ4n) is 4.43. The highest BCUT2D eigenvalue weighted by atomic mass is 16.5. The number of aromatic nitrogens is 3. The molecule has 2 aliphatic heterocycles. The zero-order valence-corrected chi connectivity index (χ0v) is 18.9. The molecule has 32 heavy (non-hydrogen) atoms. The van der Waals surface area contributed by atoms with Gasteiger partial charge in [-0.15, -0.1) is 10.2 Å². The molecule has 9 heteroatoms. The van der Waals surface area contributed by atoms with Gasteiger partial charge in [0.15, 0.2) is 17.3 Å². The summed E-state index contributed by atoms with van der Waals surface area (Å²) in [4.78, 5) is 14.9. The Bertz CT molecular complexity index is 925. The van der Waals surface area contributed by atoms with Crippen molar-refractivity contribution in [1.82, 2.24) is 25.0 Å². The molecular weight excluding hydrogens is 410 g/mol. The van der Waals surface area contributed by atoms with Crippen LogP contribution in [0, 0.1) is 5.92 Å². The summed E-state index contributed by atoms with van der Waals surface area (Å²) in [7, 11) is 0. The fraction of sp³-hybridized carbons (Fsp3) is 0.609. The van der Waals surface area contributed by atoms with Crippen LogP contribution >= 0.6 is 0 Å². The standard InChI is InChI=1S/C23H33N5O4/c1-3-32-19-6-4-5-18(21(19)29)15-27-10-7-20-25-26-22(28(20)12-11-27)16(2)24-23(30)17-8-13-31-14-9-17/h4-6,16-17,29H,3,7-15H2,1-2H3,(H,24,30)/t16-/m1/s1. The average molecular weight is 444 g/mol. The van der Waals surface area contributed by atoms with E-state index < -0.39 is 0 Å². The summed E-state index contributed by atoms with van der Waals surface area (Å²) in [6, 6.07) is 5.43. The van der Waals surface area contributed by atoms with E-state index in [1.54, 1.807) is 6.07 Å². The minimum absolute atomic E-state index is 0.00773. The van der Waals surface area contributed by atoms with Crippen LogP contribution in [-0.2, 0) is 29.0 Å². The first-order chi connectivity index (χ1) is 15.6. The zero-order chi connectivity index (χ0) is 22.5. The number of hydrogen-bond acceptors (Lipinski definition) is 7. The van der Waals surface area contributed by atoms with Crippen molar-refractivity contribution < 1.29 is 19.4 Å². The van der Waals surface area contributed by atoms with Gasteiger partial charge < -0.3 is 24.5 Å². The lowest BCUT2D eigenvalue weighted by molar-refractivity contribution is -0.128. The van der Waals surface area contributed by atoms with E-state index in [0.29, 0.717) is 32.1 Å². The lowest BCUT2D eigenvalue weighted by atomic mass is 9.99. The number of amides is 1. The van der Waals surface area contributed by atoms with Crippen LogP contribution < -0.4 is 10.1 Å². The van der Waals surface area contributed by atoms with E-state index >= 15 is 0 Å². The average Bonchev–Trinajstić information content (AvgIpc) is 3.11. The number of benzene rings is 1. The van der Waals surface area contributed by atoms with Crippen molar-refractivity contribution in [2.75, 3.05) is 32.9 Å². The van der Waals surface area contributed by atoms with Crippen molar-refractivity contribution in [1.29, 1.82) is 0 Å². The molecule has 2 N–H and O–H groups in total. The topological polar surface area (TPSA) is 102 Å². The third-order valence-electron chi connectivity index (χ3n) is 6.26. The maximum Gasteiger partial charge on any atom is 0.223 e. The van der Waals surface area contributed by atoms with Crippen LogP contribution in [0.3, 0.4) is 0 Å². The summed E-state index contributed by atoms with van der Waals surface area (Å²) in [5, 5.41) is 22.4. The van der Waals surface area contributed by atoms with Gasteiger partial charge in [0.1, 0.15) is 5.82 Å². The van der Waals surface area contributed by atoms with Crippen LogP contribution in [0.5, 0.6) is 11.5 Å². The van der Waals surface area contributed by atoms with Crippen LogP contribution in [-0.4, -0.2) is 63.6 Å². The molecule has 9 nitrogen and oxygen atoms in total. The summed E-state index contributed by atoms with van der Waals surface area (Å²) >= 11 is 0. The number of aromatic hydroxyl groups is 1. The van der Waals surface area contributed by atoms with E-state index in [0.717, 1.165) is 56.1 Å². The SMILES string of the molecule is CCOc1cccc(CN2CCc3nnc([C@@H](C)NC(=O)C4CCOCC4)n3CC2)c1O. The van der Waals surface area contributed by atoms with Gasteiger partial charge in [0.25, 0.3) is 0 Å². The number of nitrogens with one attached hydrogen (secondary N) is 1. The van der Waals surface area contributed by atoms with Gasteiger partial charge in [-0.2, -0.15) is 0 Å². The Labute approximate surface area is 188 Å². The number of carbonyl (C=O) groups is 1. The molecule has 0 spiro atoms. The number of ether oxygens (including phenoxy) is 2. The summed E-state index contributed by atoms with van der Waals surface area (Å²) < 4.78 is 13.0. The van der Waals surface area contributed by atoms with Gasteiger partial charge in [-0.1, -0.05) is 12.1 Å². The number of phenols is 1. The molecule has 0 saturated carbocycles. The van der Waals surface area contributed by atoms with E-state index in [-0.39, 0.29) is 23.6 Å². The lowest BCUT2D eigenvalue weighted by Crippen LogP contribution is -2.36. The first-order valence-electron chi connectivity index (χ1n) is 11.5. The minimum atomic E-state index is -0.204. The number of phenolic OH excluding ortho intramolecular Hbond substituents is 1. The summed E-state index contributed by atoms with van der Waals surface area (Å²) in [6.45, 7) is 8.67. The molecule has 2 aliphatic rings. The van der Waals surface area contributed by atoms with Crippen LogP contribution in [0.25, 0.3) is 0 Å². The largest absolute Gasteiger partial charge is 0.504 e. The molecule has 1 atom stereocenters. The summed E-state index contributed by atoms with van der Waals surface area (Å²) in [5.74, 6) is 2.54. The first-order valence-corrected chi connectivity index (χ1v) is 11.5. The maximum atomic E-state index is 12.6. The van der Waals surface area contributed by atoms with E-state index in [4.69, 9.17) is 9.47 Å². The highest BCUT2D eigenvalue weighted by molar-refractivity contribution is 5.79. The Morgan fingerprint density at radius 1 is 1.28 bits per heavy atom. The predicted molar refractivity (Wildman–Crippen MR) is 118 cm³/mol. The van der Waals surface area contributed by atoms with Crippen molar-refractivity contribution in [2.45, 2.75) is 52.2 Å². The molecule has 0 radical (unpaired) electrons. The first kappa shape index (κ1) is 22.5. The molecule has 174 valence electrons. The lowest BCUT2D eigenvalue weighted by Gasteiger charge is -2.24. The molecule has 1 saturated heterocycles. The molecule has 3 heterocycles. The van der Waals surface area contributed by atoms with E-state index in [2.05, 4.69) is 25.0 Å². The number of fused-ring (bicyclic) bond motifs is 1. The molecule has 0 unspecified atom stereocenters. The molecule has 1 fully saturated rings. The predicted octanol–water partition coefficient (Wildman–Crippen LogP) is 2.04. The Morgan fingerprint density at radius 2 is 2.09 bits per heavy atom.